The predicted octanol–water partition coefficient (Wildman–Crippen LogP) is 3.93. The maximum Gasteiger partial charge on any atom is 0.341 e. The van der Waals surface area contributed by atoms with E-state index in [1.807, 2.05) is 0 Å². The van der Waals surface area contributed by atoms with Gasteiger partial charge in [0.15, 0.2) is 6.10 Å². The van der Waals surface area contributed by atoms with Crippen LogP contribution in [-0.2, 0) is 9.53 Å². The van der Waals surface area contributed by atoms with Crippen molar-refractivity contribution in [3.05, 3.63) is 59.5 Å². The third kappa shape index (κ3) is 4.60. The van der Waals surface area contributed by atoms with Crippen LogP contribution < -0.4 is 10.1 Å². The summed E-state index contributed by atoms with van der Waals surface area (Å²) >= 11 is 0. The maximum atomic E-state index is 12.7. The highest BCUT2D eigenvalue weighted by Crippen LogP contribution is 2.27. The molecule has 1 heterocycles. The van der Waals surface area contributed by atoms with Crippen molar-refractivity contribution >= 4 is 17.6 Å². The molecule has 0 saturated carbocycles. The Hall–Kier alpha value is -3.68. The Kier molecular flexibility index (Phi) is 5.92. The zero-order valence-electron chi connectivity index (χ0n) is 16.6. The van der Waals surface area contributed by atoms with E-state index in [0.717, 1.165) is 11.1 Å². The predicted molar refractivity (Wildman–Crippen MR) is 106 cm³/mol. The lowest BCUT2D eigenvalue weighted by molar-refractivity contribution is -0.114. The molecule has 0 spiro atoms. The molecule has 0 aliphatic heterocycles. The number of aryl methyl sites for hydroxylation is 1. The van der Waals surface area contributed by atoms with Crippen molar-refractivity contribution < 1.29 is 23.5 Å². The number of anilines is 1. The lowest BCUT2D eigenvalue weighted by Crippen LogP contribution is -2.15. The lowest BCUT2D eigenvalue weighted by Gasteiger charge is -2.14. The number of ether oxygens (including phenoxy) is 2. The Morgan fingerprint density at radius 2 is 1.83 bits per heavy atom. The Balaban J connectivity index is 1.76. The van der Waals surface area contributed by atoms with Gasteiger partial charge in [-0.3, -0.25) is 4.79 Å². The fourth-order valence-electron chi connectivity index (χ4n) is 2.70. The van der Waals surface area contributed by atoms with Gasteiger partial charge < -0.3 is 19.2 Å². The van der Waals surface area contributed by atoms with Crippen LogP contribution in [0, 0.1) is 6.92 Å². The van der Waals surface area contributed by atoms with Gasteiger partial charge in [-0.25, -0.2) is 4.79 Å². The van der Waals surface area contributed by atoms with E-state index in [1.165, 1.54) is 6.92 Å². The van der Waals surface area contributed by atoms with Gasteiger partial charge in [-0.2, -0.15) is 0 Å². The standard InChI is InChI=1S/C21H21N3O5/c1-12-6-5-7-17(18(12)22-14(3)25)21(26)28-13(2)19-23-24-20(29-19)15-8-10-16(27-4)11-9-15/h5-11,13H,1-4H3,(H,22,25). The third-order valence-corrected chi connectivity index (χ3v) is 4.20. The van der Waals surface area contributed by atoms with Crippen LogP contribution >= 0.6 is 0 Å². The van der Waals surface area contributed by atoms with E-state index in [9.17, 15) is 9.59 Å². The number of methoxy groups -OCH3 is 1. The summed E-state index contributed by atoms with van der Waals surface area (Å²) in [4.78, 5) is 24.1. The molecule has 0 aliphatic carbocycles. The van der Waals surface area contributed by atoms with Gasteiger partial charge in [0, 0.05) is 12.5 Å². The first kappa shape index (κ1) is 20.1. The van der Waals surface area contributed by atoms with Crippen LogP contribution in [0.2, 0.25) is 0 Å². The van der Waals surface area contributed by atoms with Crippen LogP contribution in [0.3, 0.4) is 0 Å². The van der Waals surface area contributed by atoms with Crippen LogP contribution in [0.4, 0.5) is 5.69 Å². The number of esters is 1. The monoisotopic (exact) mass is 395 g/mol. The van der Waals surface area contributed by atoms with Crippen molar-refractivity contribution in [2.75, 3.05) is 12.4 Å². The number of rotatable bonds is 6. The highest BCUT2D eigenvalue weighted by molar-refractivity contribution is 6.01. The normalized spacial score (nSPS) is 11.6. The molecular weight excluding hydrogens is 374 g/mol. The smallest absolute Gasteiger partial charge is 0.341 e. The van der Waals surface area contributed by atoms with E-state index in [4.69, 9.17) is 13.9 Å². The van der Waals surface area contributed by atoms with Crippen molar-refractivity contribution in [2.45, 2.75) is 26.9 Å². The van der Waals surface area contributed by atoms with Crippen molar-refractivity contribution in [1.29, 1.82) is 0 Å². The number of nitrogens with zero attached hydrogens (tertiary/aromatic N) is 2. The summed E-state index contributed by atoms with van der Waals surface area (Å²) in [6.45, 7) is 4.81. The number of para-hydroxylation sites is 1. The molecule has 1 atom stereocenters. The Labute approximate surface area is 167 Å². The summed E-state index contributed by atoms with van der Waals surface area (Å²) in [5.41, 5.74) is 2.14. The molecule has 3 aromatic rings. The number of amides is 1. The van der Waals surface area contributed by atoms with Crippen LogP contribution in [-0.4, -0.2) is 29.2 Å². The molecule has 8 heteroatoms. The summed E-state index contributed by atoms with van der Waals surface area (Å²) in [6.07, 6.45) is -0.771. The number of benzene rings is 2. The molecule has 1 N–H and O–H groups in total. The first-order valence-electron chi connectivity index (χ1n) is 8.95. The van der Waals surface area contributed by atoms with E-state index < -0.39 is 12.1 Å². The minimum Gasteiger partial charge on any atom is -0.497 e. The highest BCUT2D eigenvalue weighted by atomic mass is 16.6. The topological polar surface area (TPSA) is 104 Å². The molecule has 0 radical (unpaired) electrons. The van der Waals surface area contributed by atoms with Gasteiger partial charge in [0.25, 0.3) is 5.89 Å². The maximum absolute atomic E-state index is 12.7. The second-order valence-electron chi connectivity index (χ2n) is 6.40. The van der Waals surface area contributed by atoms with Crippen molar-refractivity contribution in [3.8, 4) is 17.2 Å². The molecule has 1 unspecified atom stereocenters. The number of hydrogen-bond acceptors (Lipinski definition) is 7. The molecule has 1 aromatic heterocycles. The molecule has 29 heavy (non-hydrogen) atoms. The largest absolute Gasteiger partial charge is 0.497 e. The minimum absolute atomic E-state index is 0.165. The Bertz CT molecular complexity index is 1030. The first-order chi connectivity index (χ1) is 13.9. The second-order valence-corrected chi connectivity index (χ2v) is 6.40. The molecule has 0 aliphatic rings. The van der Waals surface area contributed by atoms with Gasteiger partial charge in [0.05, 0.1) is 18.4 Å². The quantitative estimate of drug-likeness (QED) is 0.631. The first-order valence-corrected chi connectivity index (χ1v) is 8.95. The molecule has 8 nitrogen and oxygen atoms in total. The summed E-state index contributed by atoms with van der Waals surface area (Å²) in [6, 6.07) is 12.2. The average molecular weight is 395 g/mol. The van der Waals surface area contributed by atoms with E-state index >= 15 is 0 Å². The lowest BCUT2D eigenvalue weighted by atomic mass is 10.1. The summed E-state index contributed by atoms with van der Waals surface area (Å²) < 4.78 is 16.3. The molecule has 0 saturated heterocycles. The van der Waals surface area contributed by atoms with Crippen LogP contribution in [0.25, 0.3) is 11.5 Å². The molecule has 0 bridgehead atoms. The molecule has 150 valence electrons. The molecular formula is C21H21N3O5. The zero-order chi connectivity index (χ0) is 21.0. The van der Waals surface area contributed by atoms with Crippen LogP contribution in [0.15, 0.2) is 46.9 Å². The number of nitrogens with one attached hydrogen (secondary N) is 1. The van der Waals surface area contributed by atoms with Gasteiger partial charge >= 0.3 is 5.97 Å². The molecule has 1 amide bonds. The summed E-state index contributed by atoms with van der Waals surface area (Å²) in [7, 11) is 1.58. The molecule has 0 fully saturated rings. The van der Waals surface area contributed by atoms with Crippen LogP contribution in [0.1, 0.15) is 41.8 Å². The van der Waals surface area contributed by atoms with E-state index in [1.54, 1.807) is 63.4 Å². The molecule has 2 aromatic carbocycles. The van der Waals surface area contributed by atoms with Gasteiger partial charge in [-0.1, -0.05) is 12.1 Å². The fraction of sp³-hybridized carbons (Fsp3) is 0.238. The number of aromatic nitrogens is 2. The van der Waals surface area contributed by atoms with Gasteiger partial charge in [-0.05, 0) is 49.7 Å². The SMILES string of the molecule is COc1ccc(-c2nnc(C(C)OC(=O)c3cccc(C)c3NC(C)=O)o2)cc1. The van der Waals surface area contributed by atoms with Crippen molar-refractivity contribution in [1.82, 2.24) is 10.2 Å². The third-order valence-electron chi connectivity index (χ3n) is 4.20. The second kappa shape index (κ2) is 8.55. The van der Waals surface area contributed by atoms with Crippen LogP contribution in [0.5, 0.6) is 5.75 Å². The van der Waals surface area contributed by atoms with Crippen molar-refractivity contribution in [2.24, 2.45) is 0 Å². The Morgan fingerprint density at radius 3 is 2.48 bits per heavy atom. The highest BCUT2D eigenvalue weighted by Gasteiger charge is 2.22. The number of carbonyl (C=O) groups excluding carboxylic acids is 2. The zero-order valence-corrected chi connectivity index (χ0v) is 16.6. The Morgan fingerprint density at radius 1 is 1.10 bits per heavy atom. The van der Waals surface area contributed by atoms with E-state index in [2.05, 4.69) is 15.5 Å². The fourth-order valence-corrected chi connectivity index (χ4v) is 2.70. The number of carbonyl (C=O) groups is 2. The van der Waals surface area contributed by atoms with Gasteiger partial charge in [-0.15, -0.1) is 10.2 Å². The summed E-state index contributed by atoms with van der Waals surface area (Å²) in [5, 5.41) is 10.7. The van der Waals surface area contributed by atoms with Gasteiger partial charge in [0.1, 0.15) is 5.75 Å². The van der Waals surface area contributed by atoms with Crippen molar-refractivity contribution in [3.63, 3.8) is 0 Å². The summed E-state index contributed by atoms with van der Waals surface area (Å²) in [5.74, 6) is 0.304. The van der Waals surface area contributed by atoms with E-state index in [-0.39, 0.29) is 17.4 Å². The minimum atomic E-state index is -0.771. The van der Waals surface area contributed by atoms with E-state index in [0.29, 0.717) is 17.3 Å². The van der Waals surface area contributed by atoms with Gasteiger partial charge in [0.2, 0.25) is 11.8 Å². The average Bonchev–Trinajstić information content (AvgIpc) is 3.19. The number of hydrogen-bond donors (Lipinski definition) is 1. The molecule has 3 rings (SSSR count).